The average Bonchev–Trinajstić information content (AvgIpc) is 3.02. The summed E-state index contributed by atoms with van der Waals surface area (Å²) < 4.78 is 26.2. The number of benzene rings is 1. The van der Waals surface area contributed by atoms with Gasteiger partial charge in [0.05, 0.1) is 11.6 Å². The molecule has 1 saturated heterocycles. The molecule has 1 aliphatic rings. The van der Waals surface area contributed by atoms with Crippen molar-refractivity contribution in [3.8, 4) is 5.75 Å². The molecule has 1 aliphatic heterocycles. The molecule has 28 heavy (non-hydrogen) atoms. The molecule has 0 spiro atoms. The minimum atomic E-state index is -0.823. The topological polar surface area (TPSA) is 103 Å². The van der Waals surface area contributed by atoms with E-state index < -0.39 is 23.9 Å². The van der Waals surface area contributed by atoms with E-state index >= 15 is 0 Å². The largest absolute Gasteiger partial charge is 0.493 e. The van der Waals surface area contributed by atoms with Crippen LogP contribution in [0, 0.1) is 11.2 Å². The van der Waals surface area contributed by atoms with E-state index in [0.717, 1.165) is 0 Å². The van der Waals surface area contributed by atoms with E-state index in [9.17, 15) is 14.0 Å². The first kappa shape index (κ1) is 22.2. The highest BCUT2D eigenvalue weighted by Gasteiger charge is 2.35. The van der Waals surface area contributed by atoms with Crippen molar-refractivity contribution in [3.63, 3.8) is 0 Å². The minimum Gasteiger partial charge on any atom is -0.493 e. The summed E-state index contributed by atoms with van der Waals surface area (Å²) >= 11 is 6.17. The Kier molecular flexibility index (Phi) is 7.11. The van der Waals surface area contributed by atoms with Gasteiger partial charge in [-0.3, -0.25) is 10.2 Å². The Bertz CT molecular complexity index is 752. The molecule has 0 aliphatic carbocycles. The standard InChI is InChI=1S/C19H27ClFN3O4/c1-5-27-17-11(13(8-19(2,3)4)28-18(26)24-22)7-12(20)16(21)15(17)10-6-14(25)23-9-10/h7,10,13H,5-6,8-9,22H2,1-4H3,(H,23,25)(H,24,26)/t10-,13-/m0/s1. The summed E-state index contributed by atoms with van der Waals surface area (Å²) in [4.78, 5) is 23.5. The maximum absolute atomic E-state index is 15.0. The molecule has 0 unspecified atom stereocenters. The summed E-state index contributed by atoms with van der Waals surface area (Å²) in [6, 6.07) is 1.41. The summed E-state index contributed by atoms with van der Waals surface area (Å²) in [5, 5.41) is 2.57. The summed E-state index contributed by atoms with van der Waals surface area (Å²) in [7, 11) is 0. The van der Waals surface area contributed by atoms with Crippen molar-refractivity contribution in [2.75, 3.05) is 13.2 Å². The summed E-state index contributed by atoms with van der Waals surface area (Å²) in [5.41, 5.74) is 2.38. The van der Waals surface area contributed by atoms with E-state index in [2.05, 4.69) is 5.32 Å². The molecule has 4 N–H and O–H groups in total. The van der Waals surface area contributed by atoms with Crippen molar-refractivity contribution < 1.29 is 23.5 Å². The number of rotatable bonds is 6. The lowest BCUT2D eigenvalue weighted by atomic mass is 9.85. The van der Waals surface area contributed by atoms with Crippen molar-refractivity contribution in [3.05, 3.63) is 28.0 Å². The van der Waals surface area contributed by atoms with Crippen LogP contribution in [0.2, 0.25) is 5.02 Å². The molecule has 2 rings (SSSR count). The Morgan fingerprint density at radius 3 is 2.68 bits per heavy atom. The maximum Gasteiger partial charge on any atom is 0.422 e. The fraction of sp³-hybridized carbons (Fsp3) is 0.579. The van der Waals surface area contributed by atoms with E-state index in [0.29, 0.717) is 12.0 Å². The predicted octanol–water partition coefficient (Wildman–Crippen LogP) is 3.56. The van der Waals surface area contributed by atoms with Crippen molar-refractivity contribution in [1.29, 1.82) is 0 Å². The van der Waals surface area contributed by atoms with Gasteiger partial charge in [-0.25, -0.2) is 15.0 Å². The van der Waals surface area contributed by atoms with Gasteiger partial charge >= 0.3 is 6.09 Å². The fourth-order valence-electron chi connectivity index (χ4n) is 3.30. The number of amides is 2. The van der Waals surface area contributed by atoms with Crippen molar-refractivity contribution in [2.45, 2.75) is 52.6 Å². The highest BCUT2D eigenvalue weighted by Crippen LogP contribution is 2.45. The number of halogens is 2. The highest BCUT2D eigenvalue weighted by atomic mass is 35.5. The van der Waals surface area contributed by atoms with Gasteiger partial charge in [-0.1, -0.05) is 32.4 Å². The molecule has 1 heterocycles. The maximum atomic E-state index is 15.0. The minimum absolute atomic E-state index is 0.122. The molecule has 2 amide bonds. The number of hydrazine groups is 1. The number of hydrogen-bond donors (Lipinski definition) is 3. The van der Waals surface area contributed by atoms with Crippen LogP contribution in [0.5, 0.6) is 5.75 Å². The summed E-state index contributed by atoms with van der Waals surface area (Å²) in [5.74, 6) is 4.20. The molecule has 1 fully saturated rings. The lowest BCUT2D eigenvalue weighted by molar-refractivity contribution is -0.119. The second kappa shape index (κ2) is 8.96. The molecule has 156 valence electrons. The van der Waals surface area contributed by atoms with E-state index in [4.69, 9.17) is 26.9 Å². The Labute approximate surface area is 169 Å². The molecule has 0 saturated carbocycles. The number of carbonyl (C=O) groups is 2. The van der Waals surface area contributed by atoms with Crippen LogP contribution in [0.3, 0.4) is 0 Å². The van der Waals surface area contributed by atoms with Gasteiger partial charge in [-0.05, 0) is 24.8 Å². The molecule has 9 heteroatoms. The first-order chi connectivity index (χ1) is 13.1. The highest BCUT2D eigenvalue weighted by molar-refractivity contribution is 6.31. The first-order valence-corrected chi connectivity index (χ1v) is 9.53. The van der Waals surface area contributed by atoms with Gasteiger partial charge in [0.15, 0.2) is 0 Å². The first-order valence-electron chi connectivity index (χ1n) is 9.15. The lowest BCUT2D eigenvalue weighted by Crippen LogP contribution is -2.33. The molecule has 7 nitrogen and oxygen atoms in total. The van der Waals surface area contributed by atoms with Crippen LogP contribution in [0.25, 0.3) is 0 Å². The van der Waals surface area contributed by atoms with E-state index in [-0.39, 0.29) is 47.2 Å². The Balaban J connectivity index is 2.62. The van der Waals surface area contributed by atoms with Gasteiger partial charge in [0.25, 0.3) is 0 Å². The molecule has 0 radical (unpaired) electrons. The van der Waals surface area contributed by atoms with Gasteiger partial charge in [0.1, 0.15) is 17.7 Å². The van der Waals surface area contributed by atoms with Crippen LogP contribution in [0.1, 0.15) is 63.7 Å². The Hall–Kier alpha value is -2.06. The zero-order chi connectivity index (χ0) is 21.1. The fourth-order valence-corrected chi connectivity index (χ4v) is 3.52. The van der Waals surface area contributed by atoms with Crippen LogP contribution >= 0.6 is 11.6 Å². The SMILES string of the molecule is CCOc1c([C@H](CC(C)(C)C)OC(=O)NN)cc(Cl)c(F)c1[C@@H]1CNC(=O)C1. The Morgan fingerprint density at radius 2 is 2.18 bits per heavy atom. The van der Waals surface area contributed by atoms with Crippen LogP contribution in [0.4, 0.5) is 9.18 Å². The second-order valence-corrected chi connectivity index (χ2v) is 8.35. The van der Waals surface area contributed by atoms with Gasteiger partial charge < -0.3 is 14.8 Å². The number of nitrogens with two attached hydrogens (primary N) is 1. The zero-order valence-electron chi connectivity index (χ0n) is 16.5. The molecule has 0 bridgehead atoms. The third-order valence-electron chi connectivity index (χ3n) is 4.42. The number of ether oxygens (including phenoxy) is 2. The smallest absolute Gasteiger partial charge is 0.422 e. The molecular formula is C19H27ClFN3O4. The molecule has 0 aromatic heterocycles. The van der Waals surface area contributed by atoms with Crippen LogP contribution in [0.15, 0.2) is 6.07 Å². The summed E-state index contributed by atoms with van der Waals surface area (Å²) in [6.45, 7) is 8.26. The van der Waals surface area contributed by atoms with Gasteiger partial charge in [0, 0.05) is 30.0 Å². The lowest BCUT2D eigenvalue weighted by Gasteiger charge is -2.29. The van der Waals surface area contributed by atoms with Crippen LogP contribution < -0.4 is 21.3 Å². The van der Waals surface area contributed by atoms with Crippen LogP contribution in [-0.2, 0) is 9.53 Å². The number of carbonyl (C=O) groups excluding carboxylic acids is 2. The molecular weight excluding hydrogens is 389 g/mol. The van der Waals surface area contributed by atoms with Crippen molar-refractivity contribution in [2.24, 2.45) is 11.3 Å². The van der Waals surface area contributed by atoms with E-state index in [1.54, 1.807) is 6.92 Å². The zero-order valence-corrected chi connectivity index (χ0v) is 17.3. The number of hydrogen-bond acceptors (Lipinski definition) is 5. The van der Waals surface area contributed by atoms with Crippen LogP contribution in [-0.4, -0.2) is 25.2 Å². The Morgan fingerprint density at radius 1 is 1.50 bits per heavy atom. The molecule has 1 aromatic rings. The average molecular weight is 416 g/mol. The molecule has 2 atom stereocenters. The predicted molar refractivity (Wildman–Crippen MR) is 104 cm³/mol. The monoisotopic (exact) mass is 415 g/mol. The van der Waals surface area contributed by atoms with Gasteiger partial charge in [-0.2, -0.15) is 0 Å². The molecule has 1 aromatic carbocycles. The third kappa shape index (κ3) is 5.26. The third-order valence-corrected chi connectivity index (χ3v) is 4.70. The van der Waals surface area contributed by atoms with E-state index in [1.165, 1.54) is 6.07 Å². The van der Waals surface area contributed by atoms with Gasteiger partial charge in [0.2, 0.25) is 5.91 Å². The van der Waals surface area contributed by atoms with Crippen molar-refractivity contribution in [1.82, 2.24) is 10.7 Å². The van der Waals surface area contributed by atoms with Crippen molar-refractivity contribution >= 4 is 23.6 Å². The summed E-state index contributed by atoms with van der Waals surface area (Å²) in [6.07, 6.45) is -1.04. The number of nitrogens with one attached hydrogen (secondary N) is 2. The second-order valence-electron chi connectivity index (χ2n) is 7.95. The normalized spacial score (nSPS) is 17.8. The van der Waals surface area contributed by atoms with Gasteiger partial charge in [-0.15, -0.1) is 0 Å². The van der Waals surface area contributed by atoms with E-state index in [1.807, 2.05) is 26.2 Å². The quantitative estimate of drug-likeness (QED) is 0.374.